The number of imidazole rings is 1. The van der Waals surface area contributed by atoms with Gasteiger partial charge in [0.15, 0.2) is 5.69 Å². The normalized spacial score (nSPS) is 10.5. The fourth-order valence-corrected chi connectivity index (χ4v) is 2.43. The second kappa shape index (κ2) is 5.88. The lowest BCUT2D eigenvalue weighted by Crippen LogP contribution is -2.13. The Bertz CT molecular complexity index is 932. The maximum Gasteiger partial charge on any atom is 0.272 e. The number of aromatic hydroxyl groups is 1. The average Bonchev–Trinajstić information content (AvgIpc) is 2.97. The second-order valence-corrected chi connectivity index (χ2v) is 5.14. The molecule has 24 heavy (non-hydrogen) atoms. The first-order valence-electron chi connectivity index (χ1n) is 7.06. The summed E-state index contributed by atoms with van der Waals surface area (Å²) in [7, 11) is 0. The van der Waals surface area contributed by atoms with Crippen LogP contribution in [0.15, 0.2) is 48.5 Å². The van der Waals surface area contributed by atoms with Crippen LogP contribution in [0.2, 0.25) is 0 Å². The molecule has 2 amide bonds. The number of nitrogens with two attached hydrogens (primary N) is 2. The molecule has 0 fully saturated rings. The van der Waals surface area contributed by atoms with Crippen molar-refractivity contribution in [3.8, 4) is 28.4 Å². The SMILES string of the molecule is NC(=O)c1cc(-c2ccccc2)ccc1-c1nc(C(N)=O)c(O)[nH]1. The average molecular weight is 322 g/mol. The Kier molecular flexibility index (Phi) is 3.75. The van der Waals surface area contributed by atoms with Gasteiger partial charge in [-0.3, -0.25) is 9.59 Å². The summed E-state index contributed by atoms with van der Waals surface area (Å²) in [6.07, 6.45) is 0. The zero-order valence-electron chi connectivity index (χ0n) is 12.5. The number of amides is 2. The molecular formula is C17H14N4O3. The molecule has 2 aromatic carbocycles. The van der Waals surface area contributed by atoms with Crippen LogP contribution in [0, 0.1) is 0 Å². The van der Waals surface area contributed by atoms with Gasteiger partial charge in [0.05, 0.1) is 5.56 Å². The maximum atomic E-state index is 11.8. The Hall–Kier alpha value is -3.61. The van der Waals surface area contributed by atoms with Crippen molar-refractivity contribution in [2.75, 3.05) is 0 Å². The number of aromatic nitrogens is 2. The van der Waals surface area contributed by atoms with Gasteiger partial charge in [-0.1, -0.05) is 36.4 Å². The topological polar surface area (TPSA) is 135 Å². The van der Waals surface area contributed by atoms with Crippen LogP contribution in [0.4, 0.5) is 0 Å². The molecule has 3 rings (SSSR count). The number of hydrogen-bond donors (Lipinski definition) is 4. The van der Waals surface area contributed by atoms with Crippen molar-refractivity contribution >= 4 is 11.8 Å². The van der Waals surface area contributed by atoms with Gasteiger partial charge in [0.25, 0.3) is 5.91 Å². The predicted octanol–water partition coefficient (Wildman–Crippen LogP) is 1.65. The summed E-state index contributed by atoms with van der Waals surface area (Å²) in [6.45, 7) is 0. The Morgan fingerprint density at radius 3 is 2.25 bits per heavy atom. The third kappa shape index (κ3) is 2.70. The fraction of sp³-hybridized carbons (Fsp3) is 0. The number of carbonyl (C=O) groups is 2. The fourth-order valence-electron chi connectivity index (χ4n) is 2.43. The summed E-state index contributed by atoms with van der Waals surface area (Å²) in [5.74, 6) is -1.86. The van der Waals surface area contributed by atoms with Crippen molar-refractivity contribution < 1.29 is 14.7 Å². The first-order valence-corrected chi connectivity index (χ1v) is 7.06. The van der Waals surface area contributed by atoms with E-state index in [4.69, 9.17) is 11.5 Å². The Balaban J connectivity index is 2.14. The molecule has 6 N–H and O–H groups in total. The Morgan fingerprint density at radius 1 is 0.958 bits per heavy atom. The first kappa shape index (κ1) is 15.3. The molecule has 0 saturated carbocycles. The lowest BCUT2D eigenvalue weighted by Gasteiger charge is -2.08. The molecule has 0 saturated heterocycles. The van der Waals surface area contributed by atoms with E-state index in [1.54, 1.807) is 18.2 Å². The molecule has 0 radical (unpaired) electrons. The van der Waals surface area contributed by atoms with Crippen molar-refractivity contribution in [3.05, 3.63) is 59.8 Å². The summed E-state index contributed by atoms with van der Waals surface area (Å²) in [5.41, 5.74) is 12.6. The molecule has 0 unspecified atom stereocenters. The largest absolute Gasteiger partial charge is 0.493 e. The number of nitrogens with zero attached hydrogens (tertiary/aromatic N) is 1. The molecule has 3 aromatic rings. The van der Waals surface area contributed by atoms with Crippen LogP contribution in [-0.4, -0.2) is 26.9 Å². The van der Waals surface area contributed by atoms with Gasteiger partial charge in [-0.2, -0.15) is 0 Å². The molecule has 7 heteroatoms. The number of carbonyl (C=O) groups excluding carboxylic acids is 2. The van der Waals surface area contributed by atoms with E-state index in [1.165, 1.54) is 0 Å². The van der Waals surface area contributed by atoms with E-state index in [9.17, 15) is 14.7 Å². The van der Waals surface area contributed by atoms with Crippen LogP contribution in [0.5, 0.6) is 5.88 Å². The van der Waals surface area contributed by atoms with E-state index in [1.807, 2.05) is 30.3 Å². The van der Waals surface area contributed by atoms with E-state index in [0.29, 0.717) is 5.56 Å². The molecule has 0 aliphatic rings. The van der Waals surface area contributed by atoms with Crippen LogP contribution in [-0.2, 0) is 0 Å². The third-order valence-corrected chi connectivity index (χ3v) is 3.57. The van der Waals surface area contributed by atoms with Crippen LogP contribution < -0.4 is 11.5 Å². The highest BCUT2D eigenvalue weighted by Gasteiger charge is 2.19. The zero-order chi connectivity index (χ0) is 17.3. The van der Waals surface area contributed by atoms with E-state index in [-0.39, 0.29) is 17.1 Å². The van der Waals surface area contributed by atoms with Crippen molar-refractivity contribution in [1.29, 1.82) is 0 Å². The number of benzene rings is 2. The van der Waals surface area contributed by atoms with Gasteiger partial charge in [0, 0.05) is 5.56 Å². The van der Waals surface area contributed by atoms with Gasteiger partial charge in [-0.25, -0.2) is 4.98 Å². The standard InChI is InChI=1S/C17H14N4O3/c18-14(22)12-8-10(9-4-2-1-3-5-9)6-7-11(12)16-20-13(15(19)23)17(24)21-16/h1-8,24H,(H2,18,22)(H2,19,23)(H,20,21). The molecule has 0 aliphatic carbocycles. The molecule has 0 aliphatic heterocycles. The smallest absolute Gasteiger partial charge is 0.272 e. The van der Waals surface area contributed by atoms with Gasteiger partial charge in [0.1, 0.15) is 5.82 Å². The lowest BCUT2D eigenvalue weighted by molar-refractivity contribution is 0.0988. The minimum atomic E-state index is -0.878. The zero-order valence-corrected chi connectivity index (χ0v) is 12.5. The van der Waals surface area contributed by atoms with Crippen LogP contribution in [0.1, 0.15) is 20.8 Å². The molecule has 1 aromatic heterocycles. The molecule has 120 valence electrons. The highest BCUT2D eigenvalue weighted by atomic mass is 16.3. The number of nitrogens with one attached hydrogen (secondary N) is 1. The van der Waals surface area contributed by atoms with E-state index >= 15 is 0 Å². The van der Waals surface area contributed by atoms with Gasteiger partial charge in [0.2, 0.25) is 11.8 Å². The van der Waals surface area contributed by atoms with Crippen LogP contribution in [0.3, 0.4) is 0 Å². The van der Waals surface area contributed by atoms with E-state index in [2.05, 4.69) is 9.97 Å². The number of aromatic amines is 1. The summed E-state index contributed by atoms with van der Waals surface area (Å²) in [6, 6.07) is 14.5. The highest BCUT2D eigenvalue weighted by molar-refractivity contribution is 6.01. The van der Waals surface area contributed by atoms with Crippen molar-refractivity contribution in [1.82, 2.24) is 9.97 Å². The second-order valence-electron chi connectivity index (χ2n) is 5.14. The molecule has 0 spiro atoms. The van der Waals surface area contributed by atoms with E-state index < -0.39 is 17.7 Å². The maximum absolute atomic E-state index is 11.8. The summed E-state index contributed by atoms with van der Waals surface area (Å²) < 4.78 is 0. The molecule has 0 atom stereocenters. The lowest BCUT2D eigenvalue weighted by atomic mass is 9.98. The van der Waals surface area contributed by atoms with Crippen molar-refractivity contribution in [2.24, 2.45) is 11.5 Å². The number of primary amides is 2. The number of H-pyrrole nitrogens is 1. The van der Waals surface area contributed by atoms with Crippen LogP contribution >= 0.6 is 0 Å². The van der Waals surface area contributed by atoms with E-state index in [0.717, 1.165) is 11.1 Å². The monoisotopic (exact) mass is 322 g/mol. The predicted molar refractivity (Wildman–Crippen MR) is 88.2 cm³/mol. The quantitative estimate of drug-likeness (QED) is 0.580. The number of hydrogen-bond acceptors (Lipinski definition) is 4. The minimum Gasteiger partial charge on any atom is -0.493 e. The van der Waals surface area contributed by atoms with Gasteiger partial charge in [-0.05, 0) is 23.3 Å². The Labute approximate surface area is 137 Å². The van der Waals surface area contributed by atoms with Crippen molar-refractivity contribution in [3.63, 3.8) is 0 Å². The van der Waals surface area contributed by atoms with Gasteiger partial charge >= 0.3 is 0 Å². The highest BCUT2D eigenvalue weighted by Crippen LogP contribution is 2.29. The molecule has 7 nitrogen and oxygen atoms in total. The minimum absolute atomic E-state index is 0.134. The molecule has 0 bridgehead atoms. The summed E-state index contributed by atoms with van der Waals surface area (Å²) in [4.78, 5) is 29.5. The summed E-state index contributed by atoms with van der Waals surface area (Å²) >= 11 is 0. The molecular weight excluding hydrogens is 308 g/mol. The molecule has 1 heterocycles. The first-order chi connectivity index (χ1) is 11.5. The summed E-state index contributed by atoms with van der Waals surface area (Å²) in [5, 5.41) is 9.69. The number of rotatable bonds is 4. The Morgan fingerprint density at radius 2 is 1.67 bits per heavy atom. The third-order valence-electron chi connectivity index (χ3n) is 3.57. The van der Waals surface area contributed by atoms with Gasteiger partial charge in [-0.15, -0.1) is 0 Å². The van der Waals surface area contributed by atoms with Crippen LogP contribution in [0.25, 0.3) is 22.5 Å². The van der Waals surface area contributed by atoms with Crippen molar-refractivity contribution in [2.45, 2.75) is 0 Å². The van der Waals surface area contributed by atoms with Gasteiger partial charge < -0.3 is 21.6 Å².